The Labute approximate surface area is 138 Å². The van der Waals surface area contributed by atoms with Crippen LogP contribution in [0.25, 0.3) is 0 Å². The molecule has 0 radical (unpaired) electrons. The molecule has 1 saturated heterocycles. The first kappa shape index (κ1) is 15.9. The lowest BCUT2D eigenvalue weighted by atomic mass is 9.91. The van der Waals surface area contributed by atoms with Gasteiger partial charge in [-0.15, -0.1) is 0 Å². The Balaban J connectivity index is 1.68. The lowest BCUT2D eigenvalue weighted by molar-refractivity contribution is 0.283. The van der Waals surface area contributed by atoms with Crippen LogP contribution >= 0.6 is 0 Å². The van der Waals surface area contributed by atoms with Crippen LogP contribution in [0.15, 0.2) is 48.5 Å². The SMILES string of the molecule is COc1ccc(CC2CCNCC2)cc1OCc1ccccc1. The van der Waals surface area contributed by atoms with E-state index in [2.05, 4.69) is 29.6 Å². The molecule has 0 aromatic heterocycles. The van der Waals surface area contributed by atoms with Crippen LogP contribution in [0.2, 0.25) is 0 Å². The predicted molar refractivity (Wildman–Crippen MR) is 93.1 cm³/mol. The maximum Gasteiger partial charge on any atom is 0.161 e. The molecule has 0 saturated carbocycles. The highest BCUT2D eigenvalue weighted by Crippen LogP contribution is 2.30. The topological polar surface area (TPSA) is 30.5 Å². The minimum absolute atomic E-state index is 0.563. The Morgan fingerprint density at radius 1 is 0.957 bits per heavy atom. The molecule has 0 bridgehead atoms. The number of ether oxygens (including phenoxy) is 2. The summed E-state index contributed by atoms with van der Waals surface area (Å²) in [6, 6.07) is 16.6. The van der Waals surface area contributed by atoms with E-state index in [0.717, 1.165) is 36.9 Å². The zero-order valence-electron chi connectivity index (χ0n) is 13.8. The fraction of sp³-hybridized carbons (Fsp3) is 0.400. The zero-order valence-corrected chi connectivity index (χ0v) is 13.8. The molecule has 1 fully saturated rings. The number of rotatable bonds is 6. The van der Waals surface area contributed by atoms with Crippen molar-refractivity contribution >= 4 is 0 Å². The van der Waals surface area contributed by atoms with Gasteiger partial charge in [-0.3, -0.25) is 0 Å². The first-order valence-electron chi connectivity index (χ1n) is 8.39. The van der Waals surface area contributed by atoms with Gasteiger partial charge in [0.25, 0.3) is 0 Å². The third-order valence-electron chi connectivity index (χ3n) is 4.45. The molecular weight excluding hydrogens is 286 g/mol. The number of piperidine rings is 1. The van der Waals surface area contributed by atoms with Gasteiger partial charge in [0.1, 0.15) is 6.61 Å². The molecule has 3 nitrogen and oxygen atoms in total. The van der Waals surface area contributed by atoms with Gasteiger partial charge in [-0.1, -0.05) is 36.4 Å². The van der Waals surface area contributed by atoms with Gasteiger partial charge >= 0.3 is 0 Å². The molecule has 0 atom stereocenters. The Morgan fingerprint density at radius 2 is 1.74 bits per heavy atom. The summed E-state index contributed by atoms with van der Waals surface area (Å²) in [6.45, 7) is 2.84. The monoisotopic (exact) mass is 311 g/mol. The quantitative estimate of drug-likeness (QED) is 0.880. The summed E-state index contributed by atoms with van der Waals surface area (Å²) in [5.41, 5.74) is 2.50. The zero-order chi connectivity index (χ0) is 15.9. The first-order valence-corrected chi connectivity index (χ1v) is 8.39. The number of methoxy groups -OCH3 is 1. The van der Waals surface area contributed by atoms with Gasteiger partial charge in [-0.05, 0) is 61.5 Å². The summed E-state index contributed by atoms with van der Waals surface area (Å²) in [4.78, 5) is 0. The molecule has 1 heterocycles. The molecule has 0 amide bonds. The van der Waals surface area contributed by atoms with Gasteiger partial charge in [0.15, 0.2) is 11.5 Å². The summed E-state index contributed by atoms with van der Waals surface area (Å²) < 4.78 is 11.5. The van der Waals surface area contributed by atoms with Crippen molar-refractivity contribution in [3.8, 4) is 11.5 Å². The van der Waals surface area contributed by atoms with Crippen molar-refractivity contribution < 1.29 is 9.47 Å². The molecule has 0 aliphatic carbocycles. The highest BCUT2D eigenvalue weighted by molar-refractivity contribution is 5.43. The van der Waals surface area contributed by atoms with Crippen molar-refractivity contribution in [3.05, 3.63) is 59.7 Å². The van der Waals surface area contributed by atoms with Crippen molar-refractivity contribution in [2.45, 2.75) is 25.9 Å². The van der Waals surface area contributed by atoms with E-state index in [1.54, 1.807) is 7.11 Å². The van der Waals surface area contributed by atoms with E-state index in [-0.39, 0.29) is 0 Å². The molecule has 1 aliphatic heterocycles. The van der Waals surface area contributed by atoms with Crippen LogP contribution in [0.5, 0.6) is 11.5 Å². The van der Waals surface area contributed by atoms with Crippen molar-refractivity contribution in [1.29, 1.82) is 0 Å². The van der Waals surface area contributed by atoms with E-state index in [4.69, 9.17) is 9.47 Å². The fourth-order valence-corrected chi connectivity index (χ4v) is 3.12. The van der Waals surface area contributed by atoms with Crippen LogP contribution in [0, 0.1) is 5.92 Å². The standard InChI is InChI=1S/C20H25NO2/c1-22-19-8-7-18(13-16-9-11-21-12-10-16)14-20(19)23-15-17-5-3-2-4-6-17/h2-8,14,16,21H,9-13,15H2,1H3. The van der Waals surface area contributed by atoms with E-state index in [1.165, 1.54) is 24.0 Å². The lowest BCUT2D eigenvalue weighted by Crippen LogP contribution is -2.28. The number of benzene rings is 2. The second-order valence-corrected chi connectivity index (χ2v) is 6.16. The van der Waals surface area contributed by atoms with E-state index < -0.39 is 0 Å². The summed E-state index contributed by atoms with van der Waals surface area (Å²) in [5, 5.41) is 3.42. The minimum atomic E-state index is 0.563. The smallest absolute Gasteiger partial charge is 0.161 e. The third-order valence-corrected chi connectivity index (χ3v) is 4.45. The van der Waals surface area contributed by atoms with Crippen molar-refractivity contribution in [1.82, 2.24) is 5.32 Å². The van der Waals surface area contributed by atoms with Crippen LogP contribution in [0.4, 0.5) is 0 Å². The Morgan fingerprint density at radius 3 is 2.48 bits per heavy atom. The molecule has 122 valence electrons. The fourth-order valence-electron chi connectivity index (χ4n) is 3.12. The molecule has 3 heteroatoms. The average molecular weight is 311 g/mol. The lowest BCUT2D eigenvalue weighted by Gasteiger charge is -2.23. The maximum absolute atomic E-state index is 6.01. The summed E-state index contributed by atoms with van der Waals surface area (Å²) in [5.74, 6) is 2.41. The largest absolute Gasteiger partial charge is 0.493 e. The summed E-state index contributed by atoms with van der Waals surface area (Å²) >= 11 is 0. The van der Waals surface area contributed by atoms with E-state index >= 15 is 0 Å². The number of nitrogens with one attached hydrogen (secondary N) is 1. The van der Waals surface area contributed by atoms with E-state index in [9.17, 15) is 0 Å². The van der Waals surface area contributed by atoms with Crippen molar-refractivity contribution in [3.63, 3.8) is 0 Å². The van der Waals surface area contributed by atoms with Crippen LogP contribution in [-0.4, -0.2) is 20.2 Å². The molecule has 3 rings (SSSR count). The Kier molecular flexibility index (Phi) is 5.54. The normalized spacial score (nSPS) is 15.3. The van der Waals surface area contributed by atoms with Crippen LogP contribution in [0.1, 0.15) is 24.0 Å². The van der Waals surface area contributed by atoms with Gasteiger partial charge in [-0.2, -0.15) is 0 Å². The van der Waals surface area contributed by atoms with Gasteiger partial charge in [0, 0.05) is 0 Å². The van der Waals surface area contributed by atoms with Crippen LogP contribution in [-0.2, 0) is 13.0 Å². The van der Waals surface area contributed by atoms with Gasteiger partial charge in [-0.25, -0.2) is 0 Å². The van der Waals surface area contributed by atoms with Gasteiger partial charge in [0.05, 0.1) is 7.11 Å². The Hall–Kier alpha value is -2.00. The molecule has 1 N–H and O–H groups in total. The van der Waals surface area contributed by atoms with Crippen molar-refractivity contribution in [2.24, 2.45) is 5.92 Å². The molecule has 1 aliphatic rings. The summed E-state index contributed by atoms with van der Waals surface area (Å²) in [6.07, 6.45) is 3.63. The molecule has 2 aromatic rings. The maximum atomic E-state index is 6.01. The van der Waals surface area contributed by atoms with Gasteiger partial charge in [0.2, 0.25) is 0 Å². The highest BCUT2D eigenvalue weighted by atomic mass is 16.5. The average Bonchev–Trinajstić information content (AvgIpc) is 2.62. The molecule has 0 unspecified atom stereocenters. The third kappa shape index (κ3) is 4.49. The number of hydrogen-bond acceptors (Lipinski definition) is 3. The van der Waals surface area contributed by atoms with Gasteiger partial charge < -0.3 is 14.8 Å². The highest BCUT2D eigenvalue weighted by Gasteiger charge is 2.15. The summed E-state index contributed by atoms with van der Waals surface area (Å²) in [7, 11) is 1.69. The number of hydrogen-bond donors (Lipinski definition) is 1. The Bertz CT molecular complexity index is 606. The predicted octanol–water partition coefficient (Wildman–Crippen LogP) is 3.82. The van der Waals surface area contributed by atoms with Crippen molar-refractivity contribution in [2.75, 3.05) is 20.2 Å². The molecule has 0 spiro atoms. The first-order chi connectivity index (χ1) is 11.3. The second kappa shape index (κ2) is 8.02. The molecule has 2 aromatic carbocycles. The minimum Gasteiger partial charge on any atom is -0.493 e. The molecule has 23 heavy (non-hydrogen) atoms. The van der Waals surface area contributed by atoms with E-state index in [0.29, 0.717) is 6.61 Å². The molecular formula is C20H25NO2. The van der Waals surface area contributed by atoms with Crippen LogP contribution < -0.4 is 14.8 Å². The van der Waals surface area contributed by atoms with E-state index in [1.807, 2.05) is 24.3 Å². The van der Waals surface area contributed by atoms with Crippen LogP contribution in [0.3, 0.4) is 0 Å². The second-order valence-electron chi connectivity index (χ2n) is 6.16.